The van der Waals surface area contributed by atoms with Crippen molar-refractivity contribution in [2.45, 2.75) is 51.9 Å². The molecule has 3 heteroatoms. The Bertz CT molecular complexity index is 566. The van der Waals surface area contributed by atoms with Gasteiger partial charge >= 0.3 is 29.6 Å². The maximum Gasteiger partial charge on any atom is 1.00 e. The van der Waals surface area contributed by atoms with Crippen molar-refractivity contribution in [3.8, 4) is 11.1 Å². The van der Waals surface area contributed by atoms with Crippen molar-refractivity contribution in [2.24, 2.45) is 0 Å². The van der Waals surface area contributed by atoms with Gasteiger partial charge in [-0.1, -0.05) is 69.4 Å². The summed E-state index contributed by atoms with van der Waals surface area (Å²) in [6.45, 7) is 2.22. The van der Waals surface area contributed by atoms with Crippen LogP contribution in [0.25, 0.3) is 11.1 Å². The first kappa shape index (κ1) is 19.2. The Morgan fingerprint density at radius 2 is 1.59 bits per heavy atom. The summed E-state index contributed by atoms with van der Waals surface area (Å²) in [6, 6.07) is 11.4. The second-order valence-corrected chi connectivity index (χ2v) is 5.63. The second-order valence-electron chi connectivity index (χ2n) is 5.63. The molecule has 0 saturated carbocycles. The van der Waals surface area contributed by atoms with Crippen molar-refractivity contribution < 1.29 is 39.5 Å². The van der Waals surface area contributed by atoms with E-state index in [0.29, 0.717) is 5.56 Å². The third-order valence-corrected chi connectivity index (χ3v) is 4.01. The van der Waals surface area contributed by atoms with Crippen LogP contribution in [0.15, 0.2) is 36.4 Å². The number of rotatable bonds is 8. The Morgan fingerprint density at radius 1 is 0.955 bits per heavy atom. The molecule has 2 aliphatic carbocycles. The fourth-order valence-electron chi connectivity index (χ4n) is 2.86. The number of carboxylic acid groups (broad SMARTS) is 1. The van der Waals surface area contributed by atoms with Gasteiger partial charge in [0.05, 0.1) is 5.97 Å². The predicted octanol–water partition coefficient (Wildman–Crippen LogP) is 1.06. The molecule has 2 nitrogen and oxygen atoms in total. The van der Waals surface area contributed by atoms with Gasteiger partial charge in [-0.05, 0) is 35.6 Å². The van der Waals surface area contributed by atoms with Gasteiger partial charge in [-0.3, -0.25) is 0 Å². The summed E-state index contributed by atoms with van der Waals surface area (Å²) in [4.78, 5) is 11.3. The molecule has 112 valence electrons. The summed E-state index contributed by atoms with van der Waals surface area (Å²) >= 11 is 0. The first-order chi connectivity index (χ1) is 10.2. The summed E-state index contributed by atoms with van der Waals surface area (Å²) < 4.78 is 0. The van der Waals surface area contributed by atoms with Gasteiger partial charge in [0.25, 0.3) is 0 Å². The van der Waals surface area contributed by atoms with E-state index in [1.165, 1.54) is 32.1 Å². The number of unbranched alkanes of at least 4 members (excludes halogenated alkanes) is 5. The number of hydrogen-bond donors (Lipinski definition) is 0. The van der Waals surface area contributed by atoms with E-state index in [9.17, 15) is 9.90 Å². The number of carboxylic acids is 1. The van der Waals surface area contributed by atoms with Crippen LogP contribution in [0, 0.1) is 0 Å². The Morgan fingerprint density at radius 3 is 2.27 bits per heavy atom. The van der Waals surface area contributed by atoms with Gasteiger partial charge in [-0.2, -0.15) is 0 Å². The molecule has 0 bridgehead atoms. The van der Waals surface area contributed by atoms with E-state index in [0.717, 1.165) is 29.5 Å². The summed E-state index contributed by atoms with van der Waals surface area (Å²) in [5.41, 5.74) is 3.30. The Hall–Kier alpha value is -0.830. The predicted molar refractivity (Wildman–Crippen MR) is 84.5 cm³/mol. The van der Waals surface area contributed by atoms with E-state index in [-0.39, 0.29) is 29.6 Å². The van der Waals surface area contributed by atoms with Gasteiger partial charge in [0.2, 0.25) is 0 Å². The molecule has 0 unspecified atom stereocenters. The minimum absolute atomic E-state index is 0. The minimum Gasteiger partial charge on any atom is -0.545 e. The third kappa shape index (κ3) is 5.12. The summed E-state index contributed by atoms with van der Waals surface area (Å²) in [5.74, 6) is -1.08. The van der Waals surface area contributed by atoms with Crippen molar-refractivity contribution in [2.75, 3.05) is 0 Å². The van der Waals surface area contributed by atoms with E-state index in [1.807, 2.05) is 30.3 Å². The Balaban J connectivity index is 0.00000242. The van der Waals surface area contributed by atoms with Gasteiger partial charge in [0.15, 0.2) is 0 Å². The number of fused-ring (bicyclic) bond motifs is 1. The molecule has 0 N–H and O–H groups in total. The van der Waals surface area contributed by atoms with Crippen molar-refractivity contribution in [1.82, 2.24) is 0 Å². The molecule has 0 aromatic rings. The van der Waals surface area contributed by atoms with Gasteiger partial charge in [0.1, 0.15) is 0 Å². The summed E-state index contributed by atoms with van der Waals surface area (Å²) in [6.07, 6.45) is 8.42. The Kier molecular flexibility index (Phi) is 8.77. The average molecular weight is 306 g/mol. The van der Waals surface area contributed by atoms with Crippen LogP contribution >= 0.6 is 0 Å². The quantitative estimate of drug-likeness (QED) is 0.540. The fourth-order valence-corrected chi connectivity index (χ4v) is 2.86. The maximum absolute atomic E-state index is 11.3. The van der Waals surface area contributed by atoms with E-state index >= 15 is 0 Å². The molecule has 2 rings (SSSR count). The van der Waals surface area contributed by atoms with E-state index in [1.54, 1.807) is 6.07 Å². The standard InChI is InChI=1S/C19H24O2.Na/c1-2-3-4-5-6-8-11-15-14-18(19(20)21)17-13-10-7-9-12-16(15)17;/h7,9-10,12-14H,2-6,8,11H2,1H3,(H,20,21);/q;+1/p-1. The zero-order chi connectivity index (χ0) is 15.1. The van der Waals surface area contributed by atoms with Crippen LogP contribution in [0.2, 0.25) is 0 Å². The Labute approximate surface area is 155 Å². The number of aryl methyl sites for hydroxylation is 1. The monoisotopic (exact) mass is 306 g/mol. The molecule has 22 heavy (non-hydrogen) atoms. The molecule has 0 spiro atoms. The molecular weight excluding hydrogens is 283 g/mol. The van der Waals surface area contributed by atoms with Gasteiger partial charge < -0.3 is 9.90 Å². The molecule has 0 amide bonds. The van der Waals surface area contributed by atoms with Crippen LogP contribution in [0.4, 0.5) is 0 Å². The molecule has 0 radical (unpaired) electrons. The van der Waals surface area contributed by atoms with E-state index in [4.69, 9.17) is 0 Å². The van der Waals surface area contributed by atoms with Crippen LogP contribution in [0.5, 0.6) is 0 Å². The van der Waals surface area contributed by atoms with Gasteiger partial charge in [-0.15, -0.1) is 0 Å². The van der Waals surface area contributed by atoms with Crippen molar-refractivity contribution in [3.63, 3.8) is 0 Å². The molecule has 0 heterocycles. The number of aromatic carboxylic acids is 1. The zero-order valence-corrected chi connectivity index (χ0v) is 15.7. The fraction of sp³-hybridized carbons (Fsp3) is 0.421. The summed E-state index contributed by atoms with van der Waals surface area (Å²) in [7, 11) is 0. The molecule has 0 fully saturated rings. The van der Waals surface area contributed by atoms with Crippen LogP contribution in [0.3, 0.4) is 0 Å². The van der Waals surface area contributed by atoms with Crippen molar-refractivity contribution in [1.29, 1.82) is 0 Å². The molecule has 0 aromatic carbocycles. The molecule has 0 aromatic heterocycles. The zero-order valence-electron chi connectivity index (χ0n) is 13.7. The van der Waals surface area contributed by atoms with Crippen LogP contribution < -0.4 is 34.7 Å². The van der Waals surface area contributed by atoms with Crippen LogP contribution in [-0.4, -0.2) is 5.97 Å². The topological polar surface area (TPSA) is 40.1 Å². The van der Waals surface area contributed by atoms with Crippen molar-refractivity contribution in [3.05, 3.63) is 47.5 Å². The molecule has 0 aliphatic heterocycles. The van der Waals surface area contributed by atoms with Crippen LogP contribution in [0.1, 0.15) is 61.4 Å². The molecule has 0 saturated heterocycles. The normalized spacial score (nSPS) is 10.4. The number of carbonyl (C=O) groups is 1. The molecular formula is C19H23NaO2. The molecule has 0 atom stereocenters. The minimum atomic E-state index is -1.08. The maximum atomic E-state index is 11.3. The van der Waals surface area contributed by atoms with Gasteiger partial charge in [-0.25, -0.2) is 0 Å². The van der Waals surface area contributed by atoms with Crippen molar-refractivity contribution >= 4 is 5.97 Å². The van der Waals surface area contributed by atoms with E-state index in [2.05, 4.69) is 6.92 Å². The van der Waals surface area contributed by atoms with E-state index < -0.39 is 5.97 Å². The second kappa shape index (κ2) is 10.0. The average Bonchev–Trinajstić information content (AvgIpc) is 2.65. The first-order valence-electron chi connectivity index (χ1n) is 7.96. The number of hydrogen-bond acceptors (Lipinski definition) is 2. The van der Waals surface area contributed by atoms with Crippen LogP contribution in [-0.2, 0) is 6.42 Å². The van der Waals surface area contributed by atoms with Gasteiger partial charge in [0, 0.05) is 5.56 Å². The largest absolute Gasteiger partial charge is 1.00 e. The third-order valence-electron chi connectivity index (χ3n) is 4.01. The number of carbonyl (C=O) groups excluding carboxylic acids is 1. The smallest absolute Gasteiger partial charge is 0.545 e. The summed E-state index contributed by atoms with van der Waals surface area (Å²) in [5, 5.41) is 11.3. The SMILES string of the molecule is CCCCCCCCc1cc(C(=O)[O-])c2cccccc1-2.[Na+]. The molecule has 2 aliphatic rings. The first-order valence-corrected chi connectivity index (χ1v) is 7.96.